The summed E-state index contributed by atoms with van der Waals surface area (Å²) in [6.07, 6.45) is 2.56. The van der Waals surface area contributed by atoms with Gasteiger partial charge in [-0.1, -0.05) is 24.3 Å². The molecule has 0 spiro atoms. The zero-order valence-corrected chi connectivity index (χ0v) is 13.3. The predicted octanol–water partition coefficient (Wildman–Crippen LogP) is 3.08. The van der Waals surface area contributed by atoms with Crippen LogP contribution in [0.1, 0.15) is 28.2 Å². The van der Waals surface area contributed by atoms with Gasteiger partial charge >= 0.3 is 0 Å². The lowest BCUT2D eigenvalue weighted by Crippen LogP contribution is -2.01. The molecule has 1 aliphatic rings. The number of nitrogens with zero attached hydrogens (tertiary/aromatic N) is 4. The third-order valence-electron chi connectivity index (χ3n) is 4.13. The average molecular weight is 316 g/mol. The third-order valence-corrected chi connectivity index (χ3v) is 4.13. The number of benzene rings is 2. The molecule has 0 amide bonds. The zero-order valence-electron chi connectivity index (χ0n) is 13.3. The molecule has 5 nitrogen and oxygen atoms in total. The quantitative estimate of drug-likeness (QED) is 0.590. The van der Waals surface area contributed by atoms with Crippen molar-refractivity contribution in [2.75, 3.05) is 0 Å². The van der Waals surface area contributed by atoms with Crippen molar-refractivity contribution in [3.8, 4) is 17.0 Å². The van der Waals surface area contributed by atoms with Gasteiger partial charge in [-0.15, -0.1) is 10.2 Å². The van der Waals surface area contributed by atoms with Crippen LogP contribution >= 0.6 is 0 Å². The van der Waals surface area contributed by atoms with E-state index in [2.05, 4.69) is 32.3 Å². The number of hydrogen-bond acceptors (Lipinski definition) is 5. The fourth-order valence-corrected chi connectivity index (χ4v) is 2.87. The lowest BCUT2D eigenvalue weighted by atomic mass is 10.1. The van der Waals surface area contributed by atoms with E-state index in [1.165, 1.54) is 5.56 Å². The van der Waals surface area contributed by atoms with Gasteiger partial charge in [-0.25, -0.2) is 4.98 Å². The van der Waals surface area contributed by atoms with Gasteiger partial charge in [0.1, 0.15) is 18.0 Å². The minimum absolute atomic E-state index is 0.290. The highest BCUT2D eigenvalue weighted by Gasteiger charge is 2.21. The van der Waals surface area contributed by atoms with E-state index in [0.29, 0.717) is 12.4 Å². The van der Waals surface area contributed by atoms with E-state index in [0.717, 1.165) is 34.5 Å². The second-order valence-electron chi connectivity index (χ2n) is 5.87. The Morgan fingerprint density at radius 2 is 2.04 bits per heavy atom. The Morgan fingerprint density at radius 1 is 1.17 bits per heavy atom. The van der Waals surface area contributed by atoms with Crippen LogP contribution in [-0.4, -0.2) is 26.5 Å². The van der Waals surface area contributed by atoms with Crippen molar-refractivity contribution in [2.45, 2.75) is 19.9 Å². The summed E-state index contributed by atoms with van der Waals surface area (Å²) in [4.78, 5) is 8.99. The first-order valence-electron chi connectivity index (χ1n) is 7.81. The predicted molar refractivity (Wildman–Crippen MR) is 92.2 cm³/mol. The second kappa shape index (κ2) is 5.85. The van der Waals surface area contributed by atoms with Gasteiger partial charge in [-0.3, -0.25) is 4.99 Å². The molecular weight excluding hydrogens is 300 g/mol. The van der Waals surface area contributed by atoms with Crippen LogP contribution < -0.4 is 0 Å². The van der Waals surface area contributed by atoms with E-state index in [4.69, 9.17) is 0 Å². The molecular formula is C19H16N4O. The van der Waals surface area contributed by atoms with E-state index in [1.807, 2.05) is 31.2 Å². The number of fused-ring (bicyclic) bond motifs is 3. The molecule has 5 heteroatoms. The first-order chi connectivity index (χ1) is 11.7. The van der Waals surface area contributed by atoms with Crippen molar-refractivity contribution < 1.29 is 5.11 Å². The number of phenolic OH excluding ortho intramolecular Hbond substituents is 1. The van der Waals surface area contributed by atoms with Crippen LogP contribution in [0.3, 0.4) is 0 Å². The van der Waals surface area contributed by atoms with Crippen molar-refractivity contribution in [3.05, 3.63) is 70.7 Å². The maximum Gasteiger partial charge on any atom is 0.172 e. The van der Waals surface area contributed by atoms with Crippen LogP contribution in [0.15, 0.2) is 47.5 Å². The largest absolute Gasteiger partial charge is 0.508 e. The third kappa shape index (κ3) is 2.65. The van der Waals surface area contributed by atoms with Gasteiger partial charge in [0.15, 0.2) is 5.82 Å². The summed E-state index contributed by atoms with van der Waals surface area (Å²) in [5, 5.41) is 18.1. The molecule has 118 valence electrons. The maximum absolute atomic E-state index is 9.54. The van der Waals surface area contributed by atoms with Crippen LogP contribution in [0.4, 0.5) is 0 Å². The van der Waals surface area contributed by atoms with Crippen LogP contribution in [-0.2, 0) is 13.0 Å². The Morgan fingerprint density at radius 3 is 2.92 bits per heavy atom. The van der Waals surface area contributed by atoms with E-state index in [1.54, 1.807) is 12.3 Å². The summed E-state index contributed by atoms with van der Waals surface area (Å²) >= 11 is 0. The molecule has 0 radical (unpaired) electrons. The van der Waals surface area contributed by atoms with Crippen molar-refractivity contribution in [1.82, 2.24) is 15.2 Å². The molecule has 3 aromatic rings. The molecule has 0 saturated heterocycles. The summed E-state index contributed by atoms with van der Waals surface area (Å²) < 4.78 is 0. The number of phenols is 1. The molecule has 2 aromatic carbocycles. The lowest BCUT2D eigenvalue weighted by molar-refractivity contribution is 0.471. The number of hydrogen-bond donors (Lipinski definition) is 1. The number of aromatic nitrogens is 3. The van der Waals surface area contributed by atoms with Crippen molar-refractivity contribution in [3.63, 3.8) is 0 Å². The van der Waals surface area contributed by atoms with Crippen LogP contribution in [0.25, 0.3) is 11.3 Å². The fourth-order valence-electron chi connectivity index (χ4n) is 2.87. The minimum Gasteiger partial charge on any atom is -0.508 e. The molecule has 1 aliphatic carbocycles. The van der Waals surface area contributed by atoms with Gasteiger partial charge in [-0.2, -0.15) is 0 Å². The van der Waals surface area contributed by atoms with E-state index < -0.39 is 0 Å². The topological polar surface area (TPSA) is 71.3 Å². The molecule has 0 fully saturated rings. The van der Waals surface area contributed by atoms with Crippen LogP contribution in [0.5, 0.6) is 5.75 Å². The van der Waals surface area contributed by atoms with Gasteiger partial charge in [0.05, 0.1) is 5.69 Å². The smallest absolute Gasteiger partial charge is 0.172 e. The Balaban J connectivity index is 1.51. The number of aliphatic imine (C=N–C) groups is 1. The highest BCUT2D eigenvalue weighted by Crippen LogP contribution is 2.32. The van der Waals surface area contributed by atoms with Gasteiger partial charge in [-0.05, 0) is 41.8 Å². The van der Waals surface area contributed by atoms with Gasteiger partial charge in [0.25, 0.3) is 0 Å². The highest BCUT2D eigenvalue weighted by atomic mass is 16.3. The molecule has 1 N–H and O–H groups in total. The molecule has 4 rings (SSSR count). The summed E-state index contributed by atoms with van der Waals surface area (Å²) in [7, 11) is 0. The maximum atomic E-state index is 9.54. The molecule has 0 aliphatic heterocycles. The SMILES string of the molecule is Cc1cc(C=NCc2nnc3c(n2)Cc2ccccc2-3)ccc1O. The summed E-state index contributed by atoms with van der Waals surface area (Å²) in [5.41, 5.74) is 5.99. The number of rotatable bonds is 3. The van der Waals surface area contributed by atoms with Crippen LogP contribution in [0.2, 0.25) is 0 Å². The van der Waals surface area contributed by atoms with E-state index in [9.17, 15) is 5.11 Å². The van der Waals surface area contributed by atoms with E-state index in [-0.39, 0.29) is 5.75 Å². The number of aromatic hydroxyl groups is 1. The molecule has 1 aromatic heterocycles. The normalized spacial score (nSPS) is 12.4. The summed E-state index contributed by atoms with van der Waals surface area (Å²) in [6.45, 7) is 2.24. The summed E-state index contributed by atoms with van der Waals surface area (Å²) in [5.74, 6) is 0.908. The van der Waals surface area contributed by atoms with Gasteiger partial charge in [0, 0.05) is 18.2 Å². The summed E-state index contributed by atoms with van der Waals surface area (Å²) in [6, 6.07) is 13.6. The minimum atomic E-state index is 0.290. The first kappa shape index (κ1) is 14.5. The zero-order chi connectivity index (χ0) is 16.5. The number of aryl methyl sites for hydroxylation is 1. The van der Waals surface area contributed by atoms with Gasteiger partial charge in [0.2, 0.25) is 0 Å². The van der Waals surface area contributed by atoms with E-state index >= 15 is 0 Å². The van der Waals surface area contributed by atoms with Crippen molar-refractivity contribution in [1.29, 1.82) is 0 Å². The Hall–Kier alpha value is -3.08. The fraction of sp³-hybridized carbons (Fsp3) is 0.158. The Bertz CT molecular complexity index is 950. The Kier molecular flexibility index (Phi) is 3.54. The first-order valence-corrected chi connectivity index (χ1v) is 7.81. The molecule has 0 unspecified atom stereocenters. The molecule has 1 heterocycles. The lowest BCUT2D eigenvalue weighted by Gasteiger charge is -2.01. The van der Waals surface area contributed by atoms with Crippen molar-refractivity contribution >= 4 is 6.21 Å². The molecule has 0 saturated carbocycles. The van der Waals surface area contributed by atoms with Gasteiger partial charge < -0.3 is 5.11 Å². The van der Waals surface area contributed by atoms with Crippen molar-refractivity contribution in [2.24, 2.45) is 4.99 Å². The standard InChI is InChI=1S/C19H16N4O/c1-12-8-13(6-7-17(12)24)10-20-11-18-21-16-9-14-4-2-3-5-15(14)19(16)23-22-18/h2-8,10,24H,9,11H2,1H3. The average Bonchev–Trinajstić information content (AvgIpc) is 2.96. The molecule has 0 atom stereocenters. The Labute approximate surface area is 139 Å². The monoisotopic (exact) mass is 316 g/mol. The second-order valence-corrected chi connectivity index (χ2v) is 5.87. The van der Waals surface area contributed by atoms with Crippen LogP contribution in [0, 0.1) is 6.92 Å². The molecule has 24 heavy (non-hydrogen) atoms. The highest BCUT2D eigenvalue weighted by molar-refractivity contribution is 5.80. The molecule has 0 bridgehead atoms.